The Morgan fingerprint density at radius 3 is 2.60 bits per heavy atom. The number of Topliss-reactive ketones (excluding diaryl/α,β-unsaturated/α-hetero) is 1. The molecule has 2 nitrogen and oxygen atoms in total. The van der Waals surface area contributed by atoms with Gasteiger partial charge in [-0.2, -0.15) is 13.2 Å². The summed E-state index contributed by atoms with van der Waals surface area (Å²) in [5.74, 6) is -1.40. The Balaban J connectivity index is 2.26. The van der Waals surface area contributed by atoms with Crippen molar-refractivity contribution in [3.63, 3.8) is 0 Å². The first-order valence-corrected chi connectivity index (χ1v) is 6.80. The highest BCUT2D eigenvalue weighted by atomic mass is 79.9. The molecule has 1 aromatic carbocycles. The summed E-state index contributed by atoms with van der Waals surface area (Å²) >= 11 is 3.06. The molecule has 0 spiro atoms. The molecule has 0 aliphatic carbocycles. The van der Waals surface area contributed by atoms with E-state index in [1.807, 2.05) is 0 Å². The first-order valence-electron chi connectivity index (χ1n) is 6.01. The Kier molecular flexibility index (Phi) is 4.20. The molecule has 0 saturated carbocycles. The molecule has 1 saturated heterocycles. The van der Waals surface area contributed by atoms with Crippen molar-refractivity contribution < 1.29 is 22.4 Å². The smallest absolute Gasteiger partial charge is 0.315 e. The second-order valence-electron chi connectivity index (χ2n) is 4.84. The summed E-state index contributed by atoms with van der Waals surface area (Å²) in [4.78, 5) is 12.1. The van der Waals surface area contributed by atoms with Crippen LogP contribution in [-0.2, 0) is 11.2 Å². The van der Waals surface area contributed by atoms with Crippen molar-refractivity contribution in [2.45, 2.75) is 19.0 Å². The molecule has 0 bridgehead atoms. The van der Waals surface area contributed by atoms with E-state index in [1.165, 1.54) is 6.07 Å². The van der Waals surface area contributed by atoms with Gasteiger partial charge in [0.2, 0.25) is 0 Å². The number of ketones is 1. The van der Waals surface area contributed by atoms with Gasteiger partial charge in [-0.15, -0.1) is 0 Å². The van der Waals surface area contributed by atoms with E-state index in [9.17, 15) is 22.4 Å². The molecule has 7 heteroatoms. The van der Waals surface area contributed by atoms with Gasteiger partial charge < -0.3 is 5.32 Å². The molecule has 110 valence electrons. The van der Waals surface area contributed by atoms with Gasteiger partial charge in [0, 0.05) is 17.4 Å². The third-order valence-electron chi connectivity index (χ3n) is 3.60. The van der Waals surface area contributed by atoms with Crippen molar-refractivity contribution in [3.8, 4) is 0 Å². The zero-order chi connectivity index (χ0) is 15.0. The molecule has 1 heterocycles. The summed E-state index contributed by atoms with van der Waals surface area (Å²) in [6.45, 7) is -0.232. The minimum Gasteiger partial charge on any atom is -0.315 e. The first kappa shape index (κ1) is 15.4. The van der Waals surface area contributed by atoms with Gasteiger partial charge in [0.05, 0.1) is 0 Å². The molecule has 0 radical (unpaired) electrons. The van der Waals surface area contributed by atoms with Crippen LogP contribution in [0.5, 0.6) is 0 Å². The molecule has 0 aromatic heterocycles. The van der Waals surface area contributed by atoms with Gasteiger partial charge in [-0.3, -0.25) is 4.79 Å². The molecule has 0 amide bonds. The summed E-state index contributed by atoms with van der Waals surface area (Å²) in [7, 11) is 0. The maximum absolute atomic E-state index is 13.2. The van der Waals surface area contributed by atoms with E-state index in [4.69, 9.17) is 0 Å². The average Bonchev–Trinajstić information content (AvgIpc) is 2.82. The third kappa shape index (κ3) is 2.74. The maximum atomic E-state index is 13.2. The topological polar surface area (TPSA) is 29.1 Å². The second kappa shape index (κ2) is 5.44. The van der Waals surface area contributed by atoms with Crippen LogP contribution in [0.25, 0.3) is 0 Å². The minimum atomic E-state index is -4.58. The number of alkyl halides is 3. The SMILES string of the molecule is O=C(Cc1ccc(F)cc1Br)C1(C(F)(F)F)CCNC1. The van der Waals surface area contributed by atoms with Crippen molar-refractivity contribution in [3.05, 3.63) is 34.1 Å². The van der Waals surface area contributed by atoms with Gasteiger partial charge in [0.15, 0.2) is 5.78 Å². The lowest BCUT2D eigenvalue weighted by Gasteiger charge is -2.29. The third-order valence-corrected chi connectivity index (χ3v) is 4.34. The Morgan fingerprint density at radius 2 is 2.10 bits per heavy atom. The standard InChI is InChI=1S/C13H12BrF4NO/c14-10-6-9(15)2-1-8(10)5-11(20)12(13(16,17)18)3-4-19-7-12/h1-2,6,19H,3-5,7H2. The second-order valence-corrected chi connectivity index (χ2v) is 5.70. The zero-order valence-electron chi connectivity index (χ0n) is 10.4. The maximum Gasteiger partial charge on any atom is 0.402 e. The number of carbonyl (C=O) groups excluding carboxylic acids is 1. The normalized spacial score (nSPS) is 23.1. The molecule has 1 atom stereocenters. The van der Waals surface area contributed by atoms with E-state index in [0.29, 0.717) is 10.0 Å². The lowest BCUT2D eigenvalue weighted by atomic mass is 9.79. The molecule has 20 heavy (non-hydrogen) atoms. The fourth-order valence-corrected chi connectivity index (χ4v) is 2.83. The van der Waals surface area contributed by atoms with Crippen LogP contribution in [-0.4, -0.2) is 25.0 Å². The van der Waals surface area contributed by atoms with E-state index in [2.05, 4.69) is 21.2 Å². The van der Waals surface area contributed by atoms with E-state index >= 15 is 0 Å². The van der Waals surface area contributed by atoms with Gasteiger partial charge >= 0.3 is 6.18 Å². The highest BCUT2D eigenvalue weighted by Gasteiger charge is 2.60. The van der Waals surface area contributed by atoms with Gasteiger partial charge in [-0.05, 0) is 30.7 Å². The Morgan fingerprint density at radius 1 is 1.40 bits per heavy atom. The predicted molar refractivity (Wildman–Crippen MR) is 68.8 cm³/mol. The fourth-order valence-electron chi connectivity index (χ4n) is 2.34. The molecule has 1 aliphatic heterocycles. The van der Waals surface area contributed by atoms with Crippen molar-refractivity contribution >= 4 is 21.7 Å². The predicted octanol–water partition coefficient (Wildman–Crippen LogP) is 3.24. The molecule has 1 aromatic rings. The van der Waals surface area contributed by atoms with Crippen molar-refractivity contribution in [1.82, 2.24) is 5.32 Å². The quantitative estimate of drug-likeness (QED) is 0.845. The van der Waals surface area contributed by atoms with Crippen LogP contribution in [0.2, 0.25) is 0 Å². The number of benzene rings is 1. The van der Waals surface area contributed by atoms with Crippen LogP contribution >= 0.6 is 15.9 Å². The lowest BCUT2D eigenvalue weighted by molar-refractivity contribution is -0.214. The highest BCUT2D eigenvalue weighted by molar-refractivity contribution is 9.10. The number of nitrogens with one attached hydrogen (secondary N) is 1. The van der Waals surface area contributed by atoms with E-state index < -0.39 is 29.7 Å². The number of hydrogen-bond donors (Lipinski definition) is 1. The molecule has 2 rings (SSSR count). The molecular formula is C13H12BrF4NO. The summed E-state index contributed by atoms with van der Waals surface area (Å²) in [6.07, 6.45) is -5.21. The van der Waals surface area contributed by atoms with Crippen molar-refractivity contribution in [2.75, 3.05) is 13.1 Å². The van der Waals surface area contributed by atoms with Crippen LogP contribution in [0.3, 0.4) is 0 Å². The van der Waals surface area contributed by atoms with Crippen LogP contribution < -0.4 is 5.32 Å². The monoisotopic (exact) mass is 353 g/mol. The zero-order valence-corrected chi connectivity index (χ0v) is 11.9. The van der Waals surface area contributed by atoms with Crippen LogP contribution in [0.15, 0.2) is 22.7 Å². The summed E-state index contributed by atoms with van der Waals surface area (Å²) in [6, 6.07) is 3.58. The Labute approximate surface area is 121 Å². The van der Waals surface area contributed by atoms with Crippen molar-refractivity contribution in [2.24, 2.45) is 5.41 Å². The van der Waals surface area contributed by atoms with Crippen LogP contribution in [0.1, 0.15) is 12.0 Å². The van der Waals surface area contributed by atoms with Crippen molar-refractivity contribution in [1.29, 1.82) is 0 Å². The number of rotatable bonds is 3. The molecule has 1 fully saturated rings. The fraction of sp³-hybridized carbons (Fsp3) is 0.462. The highest BCUT2D eigenvalue weighted by Crippen LogP contribution is 2.44. The van der Waals surface area contributed by atoms with Crippen LogP contribution in [0, 0.1) is 11.2 Å². The molecule has 1 N–H and O–H groups in total. The number of hydrogen-bond acceptors (Lipinski definition) is 2. The number of halogens is 5. The lowest BCUT2D eigenvalue weighted by Crippen LogP contribution is -2.47. The summed E-state index contributed by atoms with van der Waals surface area (Å²) < 4.78 is 52.8. The first-order chi connectivity index (χ1) is 9.26. The van der Waals surface area contributed by atoms with E-state index in [-0.39, 0.29) is 19.4 Å². The van der Waals surface area contributed by atoms with Gasteiger partial charge in [0.25, 0.3) is 0 Å². The van der Waals surface area contributed by atoms with Gasteiger partial charge in [-0.1, -0.05) is 22.0 Å². The summed E-state index contributed by atoms with van der Waals surface area (Å²) in [5, 5.41) is 2.60. The van der Waals surface area contributed by atoms with Gasteiger partial charge in [-0.25, -0.2) is 4.39 Å². The molecular weight excluding hydrogens is 342 g/mol. The number of carbonyl (C=O) groups is 1. The van der Waals surface area contributed by atoms with E-state index in [0.717, 1.165) is 12.1 Å². The van der Waals surface area contributed by atoms with Crippen LogP contribution in [0.4, 0.5) is 17.6 Å². The summed E-state index contributed by atoms with van der Waals surface area (Å²) in [5.41, 5.74) is -1.98. The Hall–Kier alpha value is -0.950. The largest absolute Gasteiger partial charge is 0.402 e. The van der Waals surface area contributed by atoms with E-state index in [1.54, 1.807) is 0 Å². The molecule has 1 unspecified atom stereocenters. The molecule has 1 aliphatic rings. The average molecular weight is 354 g/mol. The van der Waals surface area contributed by atoms with Gasteiger partial charge in [0.1, 0.15) is 11.2 Å². The Bertz CT molecular complexity index is 524. The minimum absolute atomic E-state index is 0.163.